The SMILES string of the molecule is CCOC(=O)C[C@]1(C)C(=O)O[C@H](CO)[C@@](C)(O)[C@H](O)[C@@H](C)N(C)C[C@H](C)C[C@@](C)(O)[C@H](O[C@@H]2O[C@H](C)C[C@H](N(C)C)[C@H]2OC(=O)Cc2ccccc2Nc2c(Cl)cccc2Cl)[C@@H](C)C1=O. The molecular weight excluding hydrogens is 885 g/mol. The summed E-state index contributed by atoms with van der Waals surface area (Å²) >= 11 is 12.9. The first kappa shape index (κ1) is 54.2. The third-order valence-electron chi connectivity index (χ3n) is 12.8. The Hall–Kier alpha value is -3.42. The van der Waals surface area contributed by atoms with E-state index in [1.165, 1.54) is 27.7 Å². The molecule has 4 rings (SSSR count). The fourth-order valence-electron chi connectivity index (χ4n) is 9.08. The number of carbonyl (C=O) groups is 4. The molecule has 5 N–H and O–H groups in total. The number of carbonyl (C=O) groups excluding carboxylic acids is 4. The van der Waals surface area contributed by atoms with Gasteiger partial charge in [-0.2, -0.15) is 0 Å². The average molecular weight is 955 g/mol. The van der Waals surface area contributed by atoms with E-state index in [9.17, 15) is 34.8 Å². The summed E-state index contributed by atoms with van der Waals surface area (Å²) in [5.74, 6) is -5.48. The van der Waals surface area contributed by atoms with Crippen molar-refractivity contribution in [3.05, 3.63) is 58.1 Å². The van der Waals surface area contributed by atoms with Gasteiger partial charge in [0.2, 0.25) is 0 Å². The van der Waals surface area contributed by atoms with Gasteiger partial charge in [-0.25, -0.2) is 0 Å². The molecule has 0 aliphatic carbocycles. The predicted octanol–water partition coefficient (Wildman–Crippen LogP) is 4.93. The Morgan fingerprint density at radius 1 is 0.985 bits per heavy atom. The number of para-hydroxylation sites is 2. The number of nitrogens with one attached hydrogen (secondary N) is 1. The lowest BCUT2D eigenvalue weighted by Gasteiger charge is -2.47. The van der Waals surface area contributed by atoms with Crippen molar-refractivity contribution in [2.24, 2.45) is 17.3 Å². The van der Waals surface area contributed by atoms with E-state index in [4.69, 9.17) is 46.9 Å². The standard InChI is InChI=1S/C47H69Cl2N3O13/c1-12-61-37(55)23-45(6)40(56)28(4)42(46(7,59)22-26(2)24-52(11)29(5)41(57)47(8,60)35(25-53)63-44(45)58)65-43-39(34(51(9)10)20-27(3)62-43)64-36(54)21-30-16-13-14-19-33(30)50-38-31(48)17-15-18-32(38)49/h13-19,26-29,34-35,39,41-43,50,53,57,59-60H,12,20-25H2,1-11H3/t26-,27-,28+,29-,34+,35-,39-,41-,42-,43+,45+,46-,47-/m1/s1. The summed E-state index contributed by atoms with van der Waals surface area (Å²) < 4.78 is 30.3. The second-order valence-electron chi connectivity index (χ2n) is 18.7. The number of anilines is 2. The van der Waals surface area contributed by atoms with Gasteiger partial charge in [0.25, 0.3) is 0 Å². The van der Waals surface area contributed by atoms with Crippen LogP contribution in [0.5, 0.6) is 0 Å². The molecule has 65 heavy (non-hydrogen) atoms. The van der Waals surface area contributed by atoms with Crippen molar-refractivity contribution in [1.29, 1.82) is 0 Å². The van der Waals surface area contributed by atoms with Crippen LogP contribution >= 0.6 is 23.2 Å². The Labute approximate surface area is 392 Å². The van der Waals surface area contributed by atoms with Gasteiger partial charge in [0.1, 0.15) is 17.1 Å². The van der Waals surface area contributed by atoms with Gasteiger partial charge in [-0.05, 0) is 105 Å². The maximum Gasteiger partial charge on any atom is 0.320 e. The maximum atomic E-state index is 15.1. The summed E-state index contributed by atoms with van der Waals surface area (Å²) in [7, 11) is 5.35. The van der Waals surface area contributed by atoms with Gasteiger partial charge in [0.15, 0.2) is 24.3 Å². The minimum atomic E-state index is -2.33. The van der Waals surface area contributed by atoms with Crippen LogP contribution in [-0.4, -0.2) is 155 Å². The van der Waals surface area contributed by atoms with Crippen LogP contribution in [0, 0.1) is 17.3 Å². The number of ether oxygens (including phenoxy) is 5. The first-order valence-corrected chi connectivity index (χ1v) is 22.8. The summed E-state index contributed by atoms with van der Waals surface area (Å²) in [6.07, 6.45) is -8.35. The summed E-state index contributed by atoms with van der Waals surface area (Å²) in [5.41, 5.74) is -4.85. The van der Waals surface area contributed by atoms with E-state index < -0.39 is 108 Å². The van der Waals surface area contributed by atoms with Crippen LogP contribution in [0.15, 0.2) is 42.5 Å². The fourth-order valence-corrected chi connectivity index (χ4v) is 9.57. The number of cyclic esters (lactones) is 1. The van der Waals surface area contributed by atoms with Crippen LogP contribution in [0.25, 0.3) is 0 Å². The number of aliphatic hydroxyl groups excluding tert-OH is 2. The summed E-state index contributed by atoms with van der Waals surface area (Å²) in [6, 6.07) is 10.9. The van der Waals surface area contributed by atoms with Gasteiger partial charge in [0.05, 0.1) is 65.6 Å². The summed E-state index contributed by atoms with van der Waals surface area (Å²) in [6.45, 7) is 11.5. The van der Waals surface area contributed by atoms with Gasteiger partial charge in [0, 0.05) is 24.2 Å². The van der Waals surface area contributed by atoms with Gasteiger partial charge in [-0.1, -0.05) is 61.3 Å². The van der Waals surface area contributed by atoms with E-state index in [-0.39, 0.29) is 31.9 Å². The summed E-state index contributed by atoms with van der Waals surface area (Å²) in [4.78, 5) is 60.3. The number of hydrogen-bond donors (Lipinski definition) is 5. The number of esters is 3. The van der Waals surface area contributed by atoms with E-state index in [2.05, 4.69) is 5.32 Å². The van der Waals surface area contributed by atoms with E-state index in [0.29, 0.717) is 33.4 Å². The average Bonchev–Trinajstić information content (AvgIpc) is 3.22. The Morgan fingerprint density at radius 3 is 2.22 bits per heavy atom. The highest BCUT2D eigenvalue weighted by Gasteiger charge is 2.55. The molecule has 0 radical (unpaired) electrons. The lowest BCUT2D eigenvalue weighted by Crippen LogP contribution is -2.61. The molecule has 0 unspecified atom stereocenters. The molecule has 2 saturated heterocycles. The Bertz CT molecular complexity index is 1950. The predicted molar refractivity (Wildman–Crippen MR) is 245 cm³/mol. The van der Waals surface area contributed by atoms with Crippen LogP contribution in [0.1, 0.15) is 80.2 Å². The van der Waals surface area contributed by atoms with Crippen molar-refractivity contribution >= 4 is 58.3 Å². The quantitative estimate of drug-likeness (QED) is 0.108. The molecule has 0 amide bonds. The molecule has 13 atom stereocenters. The van der Waals surface area contributed by atoms with Crippen LogP contribution in [0.2, 0.25) is 10.0 Å². The number of hydrogen-bond acceptors (Lipinski definition) is 16. The number of halogens is 2. The summed E-state index contributed by atoms with van der Waals surface area (Å²) in [5, 5.41) is 50.1. The number of nitrogens with zero attached hydrogens (tertiary/aromatic N) is 2. The van der Waals surface area contributed by atoms with Crippen molar-refractivity contribution in [1.82, 2.24) is 9.80 Å². The Kier molecular flexibility index (Phi) is 18.8. The third kappa shape index (κ3) is 13.0. The largest absolute Gasteiger partial charge is 0.466 e. The molecule has 2 aliphatic rings. The van der Waals surface area contributed by atoms with E-state index in [1.807, 2.05) is 32.8 Å². The zero-order valence-electron chi connectivity index (χ0n) is 39.4. The van der Waals surface area contributed by atoms with E-state index in [0.717, 1.165) is 0 Å². The number of likely N-dealkylation sites (N-methyl/N-ethyl adjacent to an activating group) is 2. The molecule has 2 aromatic rings. The topological polar surface area (TPSA) is 214 Å². The van der Waals surface area contributed by atoms with Crippen molar-refractivity contribution < 1.29 is 63.3 Å². The molecule has 0 aromatic heterocycles. The molecule has 364 valence electrons. The van der Waals surface area contributed by atoms with Crippen LogP contribution in [0.3, 0.4) is 0 Å². The van der Waals surface area contributed by atoms with E-state index >= 15 is 4.79 Å². The maximum absolute atomic E-state index is 15.1. The molecule has 2 aliphatic heterocycles. The minimum absolute atomic E-state index is 0.000204. The lowest BCUT2D eigenvalue weighted by molar-refractivity contribution is -0.296. The molecular formula is C47H69Cl2N3O13. The lowest BCUT2D eigenvalue weighted by atomic mass is 9.72. The zero-order valence-corrected chi connectivity index (χ0v) is 40.9. The fraction of sp³-hybridized carbons (Fsp3) is 0.660. The number of ketones is 1. The highest BCUT2D eigenvalue weighted by Crippen LogP contribution is 2.40. The highest BCUT2D eigenvalue weighted by atomic mass is 35.5. The zero-order chi connectivity index (χ0) is 48.8. The number of benzene rings is 2. The first-order chi connectivity index (χ1) is 30.3. The molecule has 2 heterocycles. The van der Waals surface area contributed by atoms with Crippen molar-refractivity contribution in [2.75, 3.05) is 46.2 Å². The number of Topliss-reactive ketones (excluding diaryl/α,β-unsaturated/α-hetero) is 1. The first-order valence-electron chi connectivity index (χ1n) is 22.1. The minimum Gasteiger partial charge on any atom is -0.466 e. The number of aliphatic hydroxyl groups is 4. The van der Waals surface area contributed by atoms with Crippen LogP contribution in [-0.2, 0) is 49.3 Å². The molecule has 2 aromatic carbocycles. The van der Waals surface area contributed by atoms with Crippen molar-refractivity contribution in [2.45, 2.75) is 141 Å². The van der Waals surface area contributed by atoms with Crippen LogP contribution in [0.4, 0.5) is 11.4 Å². The second-order valence-corrected chi connectivity index (χ2v) is 19.5. The highest BCUT2D eigenvalue weighted by molar-refractivity contribution is 6.39. The Balaban J connectivity index is 1.80. The van der Waals surface area contributed by atoms with Gasteiger partial charge in [-0.15, -0.1) is 0 Å². The third-order valence-corrected chi connectivity index (χ3v) is 13.5. The van der Waals surface area contributed by atoms with Gasteiger partial charge >= 0.3 is 17.9 Å². The second kappa shape index (κ2) is 22.6. The molecule has 16 nitrogen and oxygen atoms in total. The monoisotopic (exact) mass is 953 g/mol. The number of rotatable bonds is 12. The van der Waals surface area contributed by atoms with Crippen molar-refractivity contribution in [3.8, 4) is 0 Å². The van der Waals surface area contributed by atoms with Crippen molar-refractivity contribution in [3.63, 3.8) is 0 Å². The molecule has 2 fully saturated rings. The van der Waals surface area contributed by atoms with Crippen LogP contribution < -0.4 is 5.32 Å². The van der Waals surface area contributed by atoms with E-state index in [1.54, 1.807) is 68.3 Å². The molecule has 0 bridgehead atoms. The molecule has 0 saturated carbocycles. The van der Waals surface area contributed by atoms with Gasteiger partial charge in [-0.3, -0.25) is 19.2 Å². The molecule has 18 heteroatoms. The molecule has 0 spiro atoms. The Morgan fingerprint density at radius 2 is 1.62 bits per heavy atom. The smallest absolute Gasteiger partial charge is 0.320 e. The normalized spacial score (nSPS) is 34.6. The van der Waals surface area contributed by atoms with Gasteiger partial charge < -0.3 is 59.2 Å².